The van der Waals surface area contributed by atoms with E-state index in [1.54, 1.807) is 6.33 Å². The molecule has 110 valence electrons. The van der Waals surface area contributed by atoms with Gasteiger partial charge in [-0.05, 0) is 25.0 Å². The van der Waals surface area contributed by atoms with Crippen LogP contribution >= 0.6 is 0 Å². The lowest BCUT2D eigenvalue weighted by Crippen LogP contribution is -2.37. The maximum atomic E-state index is 12.3. The molecule has 1 N–H and O–H groups in total. The van der Waals surface area contributed by atoms with Gasteiger partial charge in [-0.3, -0.25) is 4.79 Å². The Labute approximate surface area is 123 Å². The largest absolute Gasteiger partial charge is 0.492 e. The second kappa shape index (κ2) is 5.95. The van der Waals surface area contributed by atoms with Gasteiger partial charge in [0.15, 0.2) is 5.82 Å². The minimum Gasteiger partial charge on any atom is -0.492 e. The van der Waals surface area contributed by atoms with Crippen molar-refractivity contribution < 1.29 is 9.53 Å². The van der Waals surface area contributed by atoms with Crippen molar-refractivity contribution in [1.29, 1.82) is 0 Å². The fraction of sp³-hybridized carbons (Fsp3) is 0.400. The van der Waals surface area contributed by atoms with Gasteiger partial charge in [0.2, 0.25) is 5.91 Å². The molecule has 1 aliphatic heterocycles. The molecule has 0 spiro atoms. The van der Waals surface area contributed by atoms with Crippen LogP contribution in [0.4, 0.5) is 0 Å². The zero-order valence-electron chi connectivity index (χ0n) is 12.0. The van der Waals surface area contributed by atoms with Gasteiger partial charge < -0.3 is 14.6 Å². The molecule has 0 radical (unpaired) electrons. The monoisotopic (exact) mass is 286 g/mol. The third kappa shape index (κ3) is 2.89. The number of fused-ring (bicyclic) bond motifs is 1. The minimum atomic E-state index is -0.155. The van der Waals surface area contributed by atoms with Crippen molar-refractivity contribution in [3.8, 4) is 5.75 Å². The molecule has 0 saturated carbocycles. The molecule has 0 unspecified atom stereocenters. The summed E-state index contributed by atoms with van der Waals surface area (Å²) in [5, 5.41) is 10.8. The SMILES string of the molecule is CCn1cnnc1CNC(=O)[C@@H]1COc2ccccc2C1. The first-order chi connectivity index (χ1) is 10.3. The minimum absolute atomic E-state index is 0.00449. The molecule has 1 atom stereocenters. The number of carbonyl (C=O) groups excluding carboxylic acids is 1. The maximum absolute atomic E-state index is 12.3. The van der Waals surface area contributed by atoms with Crippen LogP contribution in [0.5, 0.6) is 5.75 Å². The molecule has 0 bridgehead atoms. The smallest absolute Gasteiger partial charge is 0.227 e. The maximum Gasteiger partial charge on any atom is 0.227 e. The van der Waals surface area contributed by atoms with Gasteiger partial charge in [-0.2, -0.15) is 0 Å². The number of nitrogens with zero attached hydrogens (tertiary/aromatic N) is 3. The normalized spacial score (nSPS) is 16.9. The fourth-order valence-corrected chi connectivity index (χ4v) is 2.49. The number of aryl methyl sites for hydroxylation is 1. The van der Waals surface area contributed by atoms with E-state index in [4.69, 9.17) is 4.74 Å². The number of rotatable bonds is 4. The number of para-hydroxylation sites is 1. The zero-order chi connectivity index (χ0) is 14.7. The summed E-state index contributed by atoms with van der Waals surface area (Å²) in [5.41, 5.74) is 1.08. The van der Waals surface area contributed by atoms with E-state index < -0.39 is 0 Å². The van der Waals surface area contributed by atoms with Crippen LogP contribution < -0.4 is 10.1 Å². The summed E-state index contributed by atoms with van der Waals surface area (Å²) in [6.45, 7) is 3.62. The van der Waals surface area contributed by atoms with E-state index in [0.29, 0.717) is 19.6 Å². The number of hydrogen-bond donors (Lipinski definition) is 1. The van der Waals surface area contributed by atoms with Crippen LogP contribution in [-0.4, -0.2) is 27.3 Å². The van der Waals surface area contributed by atoms with Crippen LogP contribution in [0.2, 0.25) is 0 Å². The Morgan fingerprint density at radius 1 is 1.48 bits per heavy atom. The van der Waals surface area contributed by atoms with Gasteiger partial charge in [0.1, 0.15) is 18.7 Å². The molecule has 3 rings (SSSR count). The van der Waals surface area contributed by atoms with Gasteiger partial charge in [0.25, 0.3) is 0 Å². The lowest BCUT2D eigenvalue weighted by atomic mass is 9.96. The third-order valence-corrected chi connectivity index (χ3v) is 3.71. The van der Waals surface area contributed by atoms with E-state index in [1.165, 1.54) is 0 Å². The van der Waals surface area contributed by atoms with Crippen molar-refractivity contribution in [1.82, 2.24) is 20.1 Å². The lowest BCUT2D eigenvalue weighted by molar-refractivity contribution is -0.126. The van der Waals surface area contributed by atoms with E-state index in [2.05, 4.69) is 15.5 Å². The molecular formula is C15H18N4O2. The lowest BCUT2D eigenvalue weighted by Gasteiger charge is -2.24. The predicted octanol–water partition coefficient (Wildman–Crippen LogP) is 1.17. The molecule has 1 aromatic heterocycles. The molecule has 21 heavy (non-hydrogen) atoms. The van der Waals surface area contributed by atoms with E-state index in [0.717, 1.165) is 23.7 Å². The van der Waals surface area contributed by atoms with E-state index in [1.807, 2.05) is 35.8 Å². The van der Waals surface area contributed by atoms with Crippen LogP contribution in [-0.2, 0) is 24.3 Å². The summed E-state index contributed by atoms with van der Waals surface area (Å²) in [6, 6.07) is 7.85. The Bertz CT molecular complexity index is 638. The van der Waals surface area contributed by atoms with Gasteiger partial charge >= 0.3 is 0 Å². The first-order valence-corrected chi connectivity index (χ1v) is 7.13. The summed E-state index contributed by atoms with van der Waals surface area (Å²) in [7, 11) is 0. The van der Waals surface area contributed by atoms with Gasteiger partial charge in [-0.25, -0.2) is 0 Å². The first kappa shape index (κ1) is 13.6. The van der Waals surface area contributed by atoms with Crippen LogP contribution in [0.15, 0.2) is 30.6 Å². The summed E-state index contributed by atoms with van der Waals surface area (Å²) in [5.74, 6) is 1.49. The molecule has 6 nitrogen and oxygen atoms in total. The molecule has 1 aromatic carbocycles. The van der Waals surface area contributed by atoms with E-state index in [-0.39, 0.29) is 11.8 Å². The van der Waals surface area contributed by atoms with Gasteiger partial charge in [0, 0.05) is 6.54 Å². The number of benzene rings is 1. The highest BCUT2D eigenvalue weighted by Gasteiger charge is 2.25. The van der Waals surface area contributed by atoms with Crippen molar-refractivity contribution in [3.63, 3.8) is 0 Å². The van der Waals surface area contributed by atoms with Crippen molar-refractivity contribution >= 4 is 5.91 Å². The van der Waals surface area contributed by atoms with Gasteiger partial charge in [-0.15, -0.1) is 10.2 Å². The van der Waals surface area contributed by atoms with Crippen molar-refractivity contribution in [3.05, 3.63) is 42.0 Å². The van der Waals surface area contributed by atoms with Crippen molar-refractivity contribution in [2.45, 2.75) is 26.4 Å². The standard InChI is InChI=1S/C15H18N4O2/c1-2-19-10-17-18-14(19)8-16-15(20)12-7-11-5-3-4-6-13(11)21-9-12/h3-6,10,12H,2,7-9H2,1H3,(H,16,20)/t12-/m0/s1. The Kier molecular flexibility index (Phi) is 3.85. The predicted molar refractivity (Wildman–Crippen MR) is 76.7 cm³/mol. The molecule has 0 fully saturated rings. The summed E-state index contributed by atoms with van der Waals surface area (Å²) in [4.78, 5) is 12.3. The van der Waals surface area contributed by atoms with Crippen molar-refractivity contribution in [2.75, 3.05) is 6.61 Å². The summed E-state index contributed by atoms with van der Waals surface area (Å²) in [6.07, 6.45) is 2.38. The summed E-state index contributed by atoms with van der Waals surface area (Å²) >= 11 is 0. The molecular weight excluding hydrogens is 268 g/mol. The van der Waals surface area contributed by atoms with Crippen molar-refractivity contribution in [2.24, 2.45) is 5.92 Å². The van der Waals surface area contributed by atoms with E-state index >= 15 is 0 Å². The number of carbonyl (C=O) groups is 1. The zero-order valence-corrected chi connectivity index (χ0v) is 12.0. The van der Waals surface area contributed by atoms with Crippen LogP contribution in [0.1, 0.15) is 18.3 Å². The average molecular weight is 286 g/mol. The molecule has 0 saturated heterocycles. The highest BCUT2D eigenvalue weighted by Crippen LogP contribution is 2.26. The Hall–Kier alpha value is -2.37. The van der Waals surface area contributed by atoms with Gasteiger partial charge in [-0.1, -0.05) is 18.2 Å². The highest BCUT2D eigenvalue weighted by molar-refractivity contribution is 5.79. The molecule has 2 heterocycles. The molecule has 1 amide bonds. The Morgan fingerprint density at radius 3 is 3.19 bits per heavy atom. The molecule has 0 aliphatic carbocycles. The third-order valence-electron chi connectivity index (χ3n) is 3.71. The average Bonchev–Trinajstić information content (AvgIpc) is 2.99. The van der Waals surface area contributed by atoms with E-state index in [9.17, 15) is 4.79 Å². The topological polar surface area (TPSA) is 69.0 Å². The quantitative estimate of drug-likeness (QED) is 0.916. The number of ether oxygens (including phenoxy) is 1. The number of hydrogen-bond acceptors (Lipinski definition) is 4. The Morgan fingerprint density at radius 2 is 2.33 bits per heavy atom. The summed E-state index contributed by atoms with van der Waals surface area (Å²) < 4.78 is 7.55. The second-order valence-electron chi connectivity index (χ2n) is 5.07. The number of aromatic nitrogens is 3. The first-order valence-electron chi connectivity index (χ1n) is 7.13. The fourth-order valence-electron chi connectivity index (χ4n) is 2.49. The van der Waals surface area contributed by atoms with Gasteiger partial charge in [0.05, 0.1) is 12.5 Å². The number of nitrogens with one attached hydrogen (secondary N) is 1. The highest BCUT2D eigenvalue weighted by atomic mass is 16.5. The Balaban J connectivity index is 1.60. The van der Waals surface area contributed by atoms with Crippen LogP contribution in [0, 0.1) is 5.92 Å². The molecule has 1 aliphatic rings. The van der Waals surface area contributed by atoms with Crippen LogP contribution in [0.3, 0.4) is 0 Å². The molecule has 2 aromatic rings. The van der Waals surface area contributed by atoms with Crippen LogP contribution in [0.25, 0.3) is 0 Å². The second-order valence-corrected chi connectivity index (χ2v) is 5.07. The molecule has 6 heteroatoms. The number of amides is 1.